The van der Waals surface area contributed by atoms with Crippen LogP contribution < -0.4 is 5.32 Å². The lowest BCUT2D eigenvalue weighted by Crippen LogP contribution is -2.13. The minimum atomic E-state index is -0.176. The third-order valence-corrected chi connectivity index (χ3v) is 4.81. The molecule has 0 saturated carbocycles. The summed E-state index contributed by atoms with van der Waals surface area (Å²) >= 11 is 5.08. The van der Waals surface area contributed by atoms with Gasteiger partial charge in [-0.3, -0.25) is 0 Å². The lowest BCUT2D eigenvalue weighted by atomic mass is 10.2. The van der Waals surface area contributed by atoms with E-state index >= 15 is 0 Å². The van der Waals surface area contributed by atoms with E-state index in [0.717, 1.165) is 19.9 Å². The maximum Gasteiger partial charge on any atom is 0.127 e. The molecule has 0 spiro atoms. The molecule has 3 rings (SSSR count). The van der Waals surface area contributed by atoms with Crippen LogP contribution in [0, 0.1) is 5.82 Å². The maximum atomic E-state index is 13.5. The van der Waals surface area contributed by atoms with Gasteiger partial charge in [0.25, 0.3) is 0 Å². The van der Waals surface area contributed by atoms with Gasteiger partial charge < -0.3 is 5.32 Å². The number of halogens is 2. The maximum absolute atomic E-state index is 13.5. The summed E-state index contributed by atoms with van der Waals surface area (Å²) in [4.78, 5) is 5.55. The minimum absolute atomic E-state index is 0.176. The van der Waals surface area contributed by atoms with Crippen LogP contribution >= 0.6 is 27.3 Å². The quantitative estimate of drug-likeness (QED) is 0.677. The van der Waals surface area contributed by atoms with Gasteiger partial charge in [-0.05, 0) is 23.8 Å². The van der Waals surface area contributed by atoms with E-state index in [9.17, 15) is 4.39 Å². The summed E-state index contributed by atoms with van der Waals surface area (Å²) in [5.41, 5.74) is 1.83. The van der Waals surface area contributed by atoms with Crippen LogP contribution in [0.5, 0.6) is 0 Å². The molecule has 1 heterocycles. The number of aromatic nitrogens is 1. The third-order valence-electron chi connectivity index (χ3n) is 3.23. The van der Waals surface area contributed by atoms with Gasteiger partial charge in [-0.1, -0.05) is 46.3 Å². The van der Waals surface area contributed by atoms with Gasteiger partial charge in [0.15, 0.2) is 0 Å². The summed E-state index contributed by atoms with van der Waals surface area (Å²) in [6.45, 7) is 1.13. The first-order valence-electron chi connectivity index (χ1n) is 6.87. The van der Waals surface area contributed by atoms with Crippen molar-refractivity contribution in [3.05, 3.63) is 75.6 Å². The minimum Gasteiger partial charge on any atom is -0.306 e. The predicted molar refractivity (Wildman–Crippen MR) is 92.2 cm³/mol. The number of hydrogen-bond donors (Lipinski definition) is 1. The van der Waals surface area contributed by atoms with E-state index in [1.54, 1.807) is 23.5 Å². The van der Waals surface area contributed by atoms with Crippen LogP contribution in [0.15, 0.2) is 59.2 Å². The van der Waals surface area contributed by atoms with Gasteiger partial charge in [-0.2, -0.15) is 0 Å². The summed E-state index contributed by atoms with van der Waals surface area (Å²) in [5.74, 6) is -0.176. The van der Waals surface area contributed by atoms with Gasteiger partial charge in [0, 0.05) is 29.3 Å². The van der Waals surface area contributed by atoms with Crippen molar-refractivity contribution in [3.8, 4) is 10.4 Å². The molecule has 1 N–H and O–H groups in total. The number of rotatable bonds is 5. The molecule has 3 aromatic rings. The molecule has 0 amide bonds. The van der Waals surface area contributed by atoms with E-state index in [1.807, 2.05) is 24.4 Å². The normalized spacial score (nSPS) is 10.8. The second-order valence-electron chi connectivity index (χ2n) is 4.82. The van der Waals surface area contributed by atoms with E-state index in [0.29, 0.717) is 18.7 Å². The molecule has 0 aliphatic heterocycles. The first kappa shape index (κ1) is 15.3. The van der Waals surface area contributed by atoms with Crippen molar-refractivity contribution in [1.29, 1.82) is 0 Å². The molecule has 0 radical (unpaired) electrons. The smallest absolute Gasteiger partial charge is 0.127 e. The van der Waals surface area contributed by atoms with Crippen LogP contribution in [-0.4, -0.2) is 4.98 Å². The Morgan fingerprint density at radius 1 is 1.05 bits per heavy atom. The van der Waals surface area contributed by atoms with Gasteiger partial charge in [-0.15, -0.1) is 11.3 Å². The molecule has 0 fully saturated rings. The van der Waals surface area contributed by atoms with Gasteiger partial charge in [0.1, 0.15) is 10.8 Å². The van der Waals surface area contributed by atoms with Crippen molar-refractivity contribution < 1.29 is 4.39 Å². The number of thiazole rings is 1. The molecule has 0 bridgehead atoms. The molecule has 22 heavy (non-hydrogen) atoms. The molecular formula is C17H14BrFN2S. The van der Waals surface area contributed by atoms with E-state index < -0.39 is 0 Å². The summed E-state index contributed by atoms with van der Waals surface area (Å²) in [6.07, 6.45) is 1.88. The van der Waals surface area contributed by atoms with E-state index in [4.69, 9.17) is 0 Å². The number of nitrogens with zero attached hydrogens (tertiary/aromatic N) is 1. The Bertz CT molecular complexity index is 755. The Labute approximate surface area is 141 Å². The molecule has 112 valence electrons. The second kappa shape index (κ2) is 7.13. The molecule has 1 aromatic heterocycles. The van der Waals surface area contributed by atoms with Crippen LogP contribution in [-0.2, 0) is 13.1 Å². The Balaban J connectivity index is 1.60. The summed E-state index contributed by atoms with van der Waals surface area (Å²) in [5, 5.41) is 4.23. The van der Waals surface area contributed by atoms with Crippen LogP contribution in [0.2, 0.25) is 0 Å². The van der Waals surface area contributed by atoms with E-state index in [-0.39, 0.29) is 5.82 Å². The molecule has 0 unspecified atom stereocenters. The van der Waals surface area contributed by atoms with Crippen molar-refractivity contribution in [3.63, 3.8) is 0 Å². The molecule has 2 aromatic carbocycles. The Kier molecular flexibility index (Phi) is 4.97. The van der Waals surface area contributed by atoms with Crippen LogP contribution in [0.1, 0.15) is 10.6 Å². The van der Waals surface area contributed by atoms with Crippen LogP contribution in [0.4, 0.5) is 4.39 Å². The van der Waals surface area contributed by atoms with Crippen molar-refractivity contribution in [2.75, 3.05) is 0 Å². The highest BCUT2D eigenvalue weighted by atomic mass is 79.9. The van der Waals surface area contributed by atoms with Crippen molar-refractivity contribution in [2.24, 2.45) is 0 Å². The van der Waals surface area contributed by atoms with Crippen molar-refractivity contribution >= 4 is 27.3 Å². The summed E-state index contributed by atoms with van der Waals surface area (Å²) in [7, 11) is 0. The monoisotopic (exact) mass is 376 g/mol. The van der Waals surface area contributed by atoms with E-state index in [1.165, 1.54) is 6.07 Å². The van der Waals surface area contributed by atoms with Gasteiger partial charge >= 0.3 is 0 Å². The largest absolute Gasteiger partial charge is 0.306 e. The fourth-order valence-corrected chi connectivity index (χ4v) is 3.24. The standard InChI is InChI=1S/C17H14BrFN2S/c18-14-7-5-12(6-8-14)16-10-21-17(22-16)11-20-9-13-3-1-2-4-15(13)19/h1-8,10,20H,9,11H2. The lowest BCUT2D eigenvalue weighted by Gasteiger charge is -2.03. The molecule has 5 heteroatoms. The zero-order chi connectivity index (χ0) is 15.4. The molecule has 0 saturated heterocycles. The molecule has 0 aliphatic rings. The number of nitrogens with one attached hydrogen (secondary N) is 1. The third kappa shape index (κ3) is 3.80. The lowest BCUT2D eigenvalue weighted by molar-refractivity contribution is 0.587. The molecule has 0 aliphatic carbocycles. The molecular weight excluding hydrogens is 363 g/mol. The fourth-order valence-electron chi connectivity index (χ4n) is 2.09. The highest BCUT2D eigenvalue weighted by molar-refractivity contribution is 9.10. The second-order valence-corrected chi connectivity index (χ2v) is 6.85. The van der Waals surface area contributed by atoms with Crippen LogP contribution in [0.25, 0.3) is 10.4 Å². The van der Waals surface area contributed by atoms with Gasteiger partial charge in [-0.25, -0.2) is 9.37 Å². The Morgan fingerprint density at radius 3 is 2.59 bits per heavy atom. The summed E-state index contributed by atoms with van der Waals surface area (Å²) < 4.78 is 14.6. The SMILES string of the molecule is Fc1ccccc1CNCc1ncc(-c2ccc(Br)cc2)s1. The number of benzene rings is 2. The average Bonchev–Trinajstić information content (AvgIpc) is 2.99. The zero-order valence-electron chi connectivity index (χ0n) is 11.7. The topological polar surface area (TPSA) is 24.9 Å². The highest BCUT2D eigenvalue weighted by Crippen LogP contribution is 2.27. The Hall–Kier alpha value is -1.56. The summed E-state index contributed by atoms with van der Waals surface area (Å²) in [6, 6.07) is 15.0. The van der Waals surface area contributed by atoms with Gasteiger partial charge in [0.2, 0.25) is 0 Å². The molecule has 0 atom stereocenters. The first-order chi connectivity index (χ1) is 10.7. The van der Waals surface area contributed by atoms with Crippen LogP contribution in [0.3, 0.4) is 0 Å². The van der Waals surface area contributed by atoms with Gasteiger partial charge in [0.05, 0.1) is 4.88 Å². The highest BCUT2D eigenvalue weighted by Gasteiger charge is 2.05. The first-order valence-corrected chi connectivity index (χ1v) is 8.48. The van der Waals surface area contributed by atoms with Crippen molar-refractivity contribution in [1.82, 2.24) is 10.3 Å². The average molecular weight is 377 g/mol. The van der Waals surface area contributed by atoms with E-state index in [2.05, 4.69) is 38.4 Å². The predicted octanol–water partition coefficient (Wildman–Crippen LogP) is 5.00. The molecule has 2 nitrogen and oxygen atoms in total. The fraction of sp³-hybridized carbons (Fsp3) is 0.118. The van der Waals surface area contributed by atoms with Crippen molar-refractivity contribution in [2.45, 2.75) is 13.1 Å². The zero-order valence-corrected chi connectivity index (χ0v) is 14.1. The Morgan fingerprint density at radius 2 is 1.82 bits per heavy atom. The number of hydrogen-bond acceptors (Lipinski definition) is 3.